The van der Waals surface area contributed by atoms with Crippen LogP contribution in [0.25, 0.3) is 0 Å². The Labute approximate surface area is 113 Å². The molecule has 1 N–H and O–H groups in total. The number of hydrogen-bond donors (Lipinski definition) is 1. The summed E-state index contributed by atoms with van der Waals surface area (Å²) in [5, 5.41) is 10.5. The number of ether oxygens (including phenoxy) is 3. The maximum atomic E-state index is 12.1. The van der Waals surface area contributed by atoms with Crippen molar-refractivity contribution in [2.24, 2.45) is 11.8 Å². The summed E-state index contributed by atoms with van der Waals surface area (Å²) < 4.78 is 17.7. The molecule has 0 spiro atoms. The molecule has 0 aromatic carbocycles. The van der Waals surface area contributed by atoms with Gasteiger partial charge in [-0.1, -0.05) is 6.92 Å². The first-order chi connectivity index (χ1) is 8.63. The molecule has 4 bridgehead atoms. The monoisotopic (exact) mass is 270 g/mol. The Morgan fingerprint density at radius 2 is 1.89 bits per heavy atom. The second-order valence-corrected chi connectivity index (χ2v) is 6.84. The molecule has 0 aromatic rings. The van der Waals surface area contributed by atoms with Crippen LogP contribution in [0.4, 0.5) is 0 Å². The molecule has 7 unspecified atom stereocenters. The second-order valence-electron chi connectivity index (χ2n) is 6.84. The molecule has 3 saturated heterocycles. The van der Waals surface area contributed by atoms with Gasteiger partial charge in [-0.15, -0.1) is 0 Å². The van der Waals surface area contributed by atoms with Crippen molar-refractivity contribution in [3.63, 3.8) is 0 Å². The lowest BCUT2D eigenvalue weighted by atomic mass is 9.68. The molecule has 5 nitrogen and oxygen atoms in total. The molecule has 0 aliphatic carbocycles. The molecule has 0 aromatic heterocycles. The van der Waals surface area contributed by atoms with Crippen molar-refractivity contribution in [1.29, 1.82) is 0 Å². The lowest BCUT2D eigenvalue weighted by Crippen LogP contribution is -2.79. The van der Waals surface area contributed by atoms with Crippen LogP contribution < -0.4 is 0 Å². The van der Waals surface area contributed by atoms with Crippen LogP contribution in [0.3, 0.4) is 0 Å². The lowest BCUT2D eigenvalue weighted by molar-refractivity contribution is -0.457. The van der Waals surface area contributed by atoms with Crippen molar-refractivity contribution in [3.8, 4) is 0 Å². The van der Waals surface area contributed by atoms with E-state index >= 15 is 0 Å². The smallest absolute Gasteiger partial charge is 0.314 e. The third-order valence-electron chi connectivity index (χ3n) is 5.25. The third-order valence-corrected chi connectivity index (χ3v) is 5.25. The molecule has 3 aliphatic heterocycles. The van der Waals surface area contributed by atoms with Crippen molar-refractivity contribution in [2.45, 2.75) is 70.2 Å². The standard InChI is InChI=1S/C14H22O5/c1-7-6-12(3)10-8(2)11(16)18-14(5,17-10)13(4,19-12)9(7)15/h7-10,15H,6H2,1-5H3. The van der Waals surface area contributed by atoms with E-state index in [9.17, 15) is 9.90 Å². The molecule has 7 atom stereocenters. The average Bonchev–Trinajstić information content (AvgIpc) is 2.29. The molecular formula is C14H22O5. The van der Waals surface area contributed by atoms with Crippen LogP contribution in [0.1, 0.15) is 41.0 Å². The second kappa shape index (κ2) is 3.51. The van der Waals surface area contributed by atoms with Crippen molar-refractivity contribution < 1.29 is 24.1 Å². The number of esters is 1. The molecule has 108 valence electrons. The molecule has 3 fully saturated rings. The Bertz CT molecular complexity index is 438. The zero-order valence-electron chi connectivity index (χ0n) is 12.1. The Kier molecular flexibility index (Phi) is 2.46. The van der Waals surface area contributed by atoms with Crippen LogP contribution in [-0.4, -0.2) is 40.3 Å². The van der Waals surface area contributed by atoms with E-state index in [1.54, 1.807) is 20.8 Å². The highest BCUT2D eigenvalue weighted by atomic mass is 16.8. The van der Waals surface area contributed by atoms with Gasteiger partial charge in [0, 0.05) is 6.92 Å². The van der Waals surface area contributed by atoms with Gasteiger partial charge in [0.25, 0.3) is 0 Å². The van der Waals surface area contributed by atoms with E-state index in [0.29, 0.717) is 6.42 Å². The molecule has 3 aliphatic rings. The number of rotatable bonds is 0. The van der Waals surface area contributed by atoms with Crippen LogP contribution in [0.5, 0.6) is 0 Å². The number of carbonyl (C=O) groups excluding carboxylic acids is 1. The summed E-state index contributed by atoms with van der Waals surface area (Å²) in [6.45, 7) is 9.22. The quantitative estimate of drug-likeness (QED) is 0.671. The average molecular weight is 270 g/mol. The van der Waals surface area contributed by atoms with E-state index in [2.05, 4.69) is 0 Å². The highest BCUT2D eigenvalue weighted by Crippen LogP contribution is 2.56. The predicted molar refractivity (Wildman–Crippen MR) is 66.2 cm³/mol. The highest BCUT2D eigenvalue weighted by molar-refractivity contribution is 5.74. The minimum absolute atomic E-state index is 0.0680. The molecule has 19 heavy (non-hydrogen) atoms. The fourth-order valence-electron chi connectivity index (χ4n) is 4.06. The van der Waals surface area contributed by atoms with Crippen molar-refractivity contribution in [3.05, 3.63) is 0 Å². The molecule has 0 amide bonds. The molecular weight excluding hydrogens is 248 g/mol. The van der Waals surface area contributed by atoms with E-state index in [1.165, 1.54) is 0 Å². The fraction of sp³-hybridized carbons (Fsp3) is 0.929. The minimum atomic E-state index is -1.23. The Morgan fingerprint density at radius 3 is 2.53 bits per heavy atom. The molecule has 3 rings (SSSR count). The minimum Gasteiger partial charge on any atom is -0.430 e. The van der Waals surface area contributed by atoms with Gasteiger partial charge in [0.2, 0.25) is 5.79 Å². The van der Waals surface area contributed by atoms with Crippen molar-refractivity contribution >= 4 is 5.97 Å². The first-order valence-electron chi connectivity index (χ1n) is 6.92. The first-order valence-corrected chi connectivity index (χ1v) is 6.92. The molecule has 0 saturated carbocycles. The zero-order valence-corrected chi connectivity index (χ0v) is 12.1. The van der Waals surface area contributed by atoms with Gasteiger partial charge < -0.3 is 19.3 Å². The number of hydrogen-bond acceptors (Lipinski definition) is 5. The summed E-state index contributed by atoms with van der Waals surface area (Å²) in [6.07, 6.45) is -0.392. The summed E-state index contributed by atoms with van der Waals surface area (Å²) in [6, 6.07) is 0. The predicted octanol–water partition coefficient (Wildman–Crippen LogP) is 1.23. The molecule has 5 heteroatoms. The van der Waals surface area contributed by atoms with Crippen LogP contribution in [0, 0.1) is 11.8 Å². The normalized spacial score (nSPS) is 60.6. The topological polar surface area (TPSA) is 65.0 Å². The lowest BCUT2D eigenvalue weighted by Gasteiger charge is -2.65. The van der Waals surface area contributed by atoms with Gasteiger partial charge in [-0.25, -0.2) is 0 Å². The van der Waals surface area contributed by atoms with Gasteiger partial charge in [-0.2, -0.15) is 0 Å². The Hall–Kier alpha value is -0.650. The third kappa shape index (κ3) is 1.44. The number of aliphatic hydroxyl groups excluding tert-OH is 1. The zero-order chi connectivity index (χ0) is 14.2. The summed E-state index contributed by atoms with van der Waals surface area (Å²) >= 11 is 0. The number of aliphatic hydroxyl groups is 1. The van der Waals surface area contributed by atoms with Crippen LogP contribution >= 0.6 is 0 Å². The summed E-state index contributed by atoms with van der Waals surface area (Å²) in [5.74, 6) is -1.79. The Balaban J connectivity index is 2.13. The van der Waals surface area contributed by atoms with E-state index in [-0.39, 0.29) is 23.9 Å². The molecule has 3 heterocycles. The van der Waals surface area contributed by atoms with E-state index in [1.807, 2.05) is 13.8 Å². The van der Waals surface area contributed by atoms with Gasteiger partial charge in [0.1, 0.15) is 6.10 Å². The first kappa shape index (κ1) is 13.3. The molecule has 0 radical (unpaired) electrons. The van der Waals surface area contributed by atoms with Gasteiger partial charge in [0.15, 0.2) is 5.60 Å². The largest absolute Gasteiger partial charge is 0.430 e. The summed E-state index contributed by atoms with van der Waals surface area (Å²) in [4.78, 5) is 12.1. The summed E-state index contributed by atoms with van der Waals surface area (Å²) in [7, 11) is 0. The fourth-order valence-corrected chi connectivity index (χ4v) is 4.06. The van der Waals surface area contributed by atoms with Gasteiger partial charge in [-0.05, 0) is 33.1 Å². The Morgan fingerprint density at radius 1 is 1.26 bits per heavy atom. The highest BCUT2D eigenvalue weighted by Gasteiger charge is 2.71. The summed E-state index contributed by atoms with van der Waals surface area (Å²) in [5.41, 5.74) is -1.60. The van der Waals surface area contributed by atoms with E-state index < -0.39 is 23.1 Å². The van der Waals surface area contributed by atoms with Gasteiger partial charge in [0.05, 0.1) is 17.6 Å². The van der Waals surface area contributed by atoms with Gasteiger partial charge in [-0.3, -0.25) is 4.79 Å². The van der Waals surface area contributed by atoms with Crippen LogP contribution in [0.2, 0.25) is 0 Å². The van der Waals surface area contributed by atoms with Gasteiger partial charge >= 0.3 is 5.97 Å². The maximum absolute atomic E-state index is 12.1. The van der Waals surface area contributed by atoms with Crippen LogP contribution in [-0.2, 0) is 19.0 Å². The van der Waals surface area contributed by atoms with Crippen molar-refractivity contribution in [2.75, 3.05) is 0 Å². The maximum Gasteiger partial charge on any atom is 0.314 e. The number of carbonyl (C=O) groups is 1. The SMILES string of the molecule is CC1CC2(C)OC(C)(C1O)C1(C)OC(=O)C(C)C2O1. The van der Waals surface area contributed by atoms with Crippen LogP contribution in [0.15, 0.2) is 0 Å². The van der Waals surface area contributed by atoms with E-state index in [4.69, 9.17) is 14.2 Å². The number of fused-ring (bicyclic) bond motifs is 6. The van der Waals surface area contributed by atoms with E-state index in [0.717, 1.165) is 0 Å². The van der Waals surface area contributed by atoms with Crippen molar-refractivity contribution in [1.82, 2.24) is 0 Å².